The fourth-order valence-corrected chi connectivity index (χ4v) is 10.5. The molecule has 4 rings (SSSR count). The number of hydrogen-bond donors (Lipinski definition) is 1. The van der Waals surface area contributed by atoms with E-state index in [1.54, 1.807) is 51.1 Å². The van der Waals surface area contributed by atoms with Gasteiger partial charge in [-0.25, -0.2) is 0 Å². The van der Waals surface area contributed by atoms with E-state index >= 15 is 0 Å². The molecule has 0 fully saturated rings. The number of rotatable bonds is 13. The lowest BCUT2D eigenvalue weighted by Gasteiger charge is -2.38. The number of aliphatic hydroxyl groups is 1. The summed E-state index contributed by atoms with van der Waals surface area (Å²) in [6.45, 7) is 5.15. The number of carbonyl (C=O) groups excluding carboxylic acids is 2. The van der Waals surface area contributed by atoms with Gasteiger partial charge in [0.15, 0.2) is 22.4 Å². The molecule has 0 spiro atoms. The molecule has 0 saturated heterocycles. The Bertz CT molecular complexity index is 1520. The minimum atomic E-state index is -3.26. The summed E-state index contributed by atoms with van der Waals surface area (Å²) in [6, 6.07) is 39.7. The molecule has 1 N–H and O–H groups in total. The Balaban J connectivity index is 2.33. The third kappa shape index (κ3) is 5.76. The molecule has 0 aromatic heterocycles. The van der Waals surface area contributed by atoms with Crippen molar-refractivity contribution in [2.75, 3.05) is 13.2 Å². The molecule has 2 atom stereocenters. The Kier molecular flexibility index (Phi) is 10.7. The van der Waals surface area contributed by atoms with Crippen molar-refractivity contribution in [2.24, 2.45) is 5.92 Å². The standard InChI is InChI=1S/C37H36NO5P/c1-4-32(39)37(27-38,28-19-11-7-12-20-28)33(35(40)42-5-2)34(36(41)43-6-3)44(29-21-13-8-14-22-29,30-23-15-9-16-24-30)31-25-17-10-18-26-31/h7-26,33H,4-6H2,1-3H3/p+1/b36-34+. The van der Waals surface area contributed by atoms with Gasteiger partial charge in [0.2, 0.25) is 0 Å². The van der Waals surface area contributed by atoms with Crippen LogP contribution in [0.15, 0.2) is 133 Å². The first-order valence-electron chi connectivity index (χ1n) is 14.7. The van der Waals surface area contributed by atoms with Crippen LogP contribution in [0.4, 0.5) is 0 Å². The molecule has 0 bridgehead atoms. The highest BCUT2D eigenvalue weighted by atomic mass is 31.2. The van der Waals surface area contributed by atoms with Crippen LogP contribution in [-0.2, 0) is 24.5 Å². The van der Waals surface area contributed by atoms with Crippen molar-refractivity contribution < 1.29 is 24.2 Å². The average molecular weight is 607 g/mol. The van der Waals surface area contributed by atoms with Crippen LogP contribution in [0.1, 0.15) is 32.8 Å². The molecule has 0 radical (unpaired) electrons. The molecular formula is C37H37NO5P+. The van der Waals surface area contributed by atoms with Crippen LogP contribution in [0.5, 0.6) is 0 Å². The van der Waals surface area contributed by atoms with Gasteiger partial charge in [-0.3, -0.25) is 9.59 Å². The van der Waals surface area contributed by atoms with Crippen LogP contribution in [0.25, 0.3) is 0 Å². The Morgan fingerprint density at radius 1 is 0.727 bits per heavy atom. The summed E-state index contributed by atoms with van der Waals surface area (Å²) in [7, 11) is -3.26. The van der Waals surface area contributed by atoms with Crippen LogP contribution in [0, 0.1) is 17.2 Å². The van der Waals surface area contributed by atoms with Crippen LogP contribution in [0.3, 0.4) is 0 Å². The molecule has 2 unspecified atom stereocenters. The molecule has 224 valence electrons. The van der Waals surface area contributed by atoms with E-state index in [1.807, 2.05) is 91.0 Å². The molecule has 0 heterocycles. The second-order valence-corrected chi connectivity index (χ2v) is 13.4. The zero-order chi connectivity index (χ0) is 31.6. The summed E-state index contributed by atoms with van der Waals surface area (Å²) in [4.78, 5) is 28.8. The second-order valence-electron chi connectivity index (χ2n) is 10.0. The van der Waals surface area contributed by atoms with Crippen molar-refractivity contribution in [3.8, 4) is 6.07 Å². The molecule has 4 aromatic rings. The molecule has 0 aliphatic carbocycles. The molecule has 44 heavy (non-hydrogen) atoms. The first-order chi connectivity index (χ1) is 21.4. The van der Waals surface area contributed by atoms with E-state index in [9.17, 15) is 20.0 Å². The topological polar surface area (TPSA) is 96.6 Å². The number of ketones is 1. The Morgan fingerprint density at radius 2 is 1.14 bits per heavy atom. The number of ether oxygens (including phenoxy) is 2. The number of nitrogens with zero attached hydrogens (tertiary/aromatic N) is 1. The molecule has 0 aliphatic heterocycles. The number of nitriles is 1. The van der Waals surface area contributed by atoms with Gasteiger partial charge in [-0.15, -0.1) is 0 Å². The van der Waals surface area contributed by atoms with E-state index in [0.717, 1.165) is 15.9 Å². The maximum Gasteiger partial charge on any atom is 0.319 e. The summed E-state index contributed by atoms with van der Waals surface area (Å²) in [5, 5.41) is 25.8. The summed E-state index contributed by atoms with van der Waals surface area (Å²) in [5.74, 6) is -3.34. The molecular weight excluding hydrogens is 569 g/mol. The Morgan fingerprint density at radius 3 is 1.50 bits per heavy atom. The maximum absolute atomic E-state index is 14.5. The van der Waals surface area contributed by atoms with Crippen LogP contribution >= 0.6 is 7.26 Å². The van der Waals surface area contributed by atoms with E-state index in [-0.39, 0.29) is 24.9 Å². The fourth-order valence-electron chi connectivity index (χ4n) is 5.87. The van der Waals surface area contributed by atoms with Crippen LogP contribution < -0.4 is 15.9 Å². The van der Waals surface area contributed by atoms with Gasteiger partial charge in [-0.05, 0) is 55.8 Å². The first-order valence-corrected chi connectivity index (χ1v) is 16.5. The molecule has 4 aromatic carbocycles. The smallest absolute Gasteiger partial charge is 0.319 e. The third-order valence-corrected chi connectivity index (χ3v) is 12.1. The van der Waals surface area contributed by atoms with E-state index in [0.29, 0.717) is 5.56 Å². The van der Waals surface area contributed by atoms with Gasteiger partial charge in [0.05, 0.1) is 19.3 Å². The lowest BCUT2D eigenvalue weighted by molar-refractivity contribution is -0.150. The Hall–Kier alpha value is -4.72. The van der Waals surface area contributed by atoms with E-state index in [2.05, 4.69) is 6.07 Å². The van der Waals surface area contributed by atoms with Crippen molar-refractivity contribution >= 4 is 34.9 Å². The molecule has 6 nitrogen and oxygen atoms in total. The number of hydrogen-bond acceptors (Lipinski definition) is 6. The highest BCUT2D eigenvalue weighted by molar-refractivity contribution is 7.99. The second kappa shape index (κ2) is 14.6. The van der Waals surface area contributed by atoms with Crippen molar-refractivity contribution in [2.45, 2.75) is 32.6 Å². The molecule has 7 heteroatoms. The number of carbonyl (C=O) groups is 2. The van der Waals surface area contributed by atoms with Crippen molar-refractivity contribution in [3.05, 3.63) is 138 Å². The minimum Gasteiger partial charge on any atom is -0.478 e. The summed E-state index contributed by atoms with van der Waals surface area (Å²) in [6.07, 6.45) is -0.0332. The zero-order valence-corrected chi connectivity index (χ0v) is 26.1. The predicted octanol–water partition coefficient (Wildman–Crippen LogP) is 6.36. The van der Waals surface area contributed by atoms with Gasteiger partial charge in [-0.2, -0.15) is 5.26 Å². The van der Waals surface area contributed by atoms with Crippen LogP contribution in [-0.4, -0.2) is 30.1 Å². The van der Waals surface area contributed by atoms with Crippen molar-refractivity contribution in [1.29, 1.82) is 5.26 Å². The largest absolute Gasteiger partial charge is 0.478 e. The summed E-state index contributed by atoms with van der Waals surface area (Å²) < 4.78 is 11.6. The van der Waals surface area contributed by atoms with Gasteiger partial charge < -0.3 is 14.6 Å². The van der Waals surface area contributed by atoms with Crippen LogP contribution in [0.2, 0.25) is 0 Å². The molecule has 0 amide bonds. The first kappa shape index (κ1) is 32.2. The highest BCUT2D eigenvalue weighted by Crippen LogP contribution is 2.67. The third-order valence-electron chi connectivity index (χ3n) is 7.69. The minimum absolute atomic E-state index is 0.00206. The van der Waals surface area contributed by atoms with Gasteiger partial charge in [0.1, 0.15) is 23.2 Å². The zero-order valence-electron chi connectivity index (χ0n) is 25.2. The van der Waals surface area contributed by atoms with E-state index in [1.165, 1.54) is 0 Å². The number of Topliss-reactive ketones (excluding diaryl/α,β-unsaturated/α-hetero) is 1. The Labute approximate surface area is 259 Å². The van der Waals surface area contributed by atoms with Gasteiger partial charge in [0, 0.05) is 6.42 Å². The predicted molar refractivity (Wildman–Crippen MR) is 176 cm³/mol. The molecule has 0 saturated carbocycles. The van der Waals surface area contributed by atoms with Gasteiger partial charge >= 0.3 is 11.9 Å². The molecule has 0 aliphatic rings. The summed E-state index contributed by atoms with van der Waals surface area (Å²) in [5.41, 5.74) is -1.71. The SMILES string of the molecule is CCOC(=O)C(/C(=C(/O)OCC)[P+](c1ccccc1)(c1ccccc1)c1ccccc1)C(C#N)(C(=O)CC)c1ccccc1. The summed E-state index contributed by atoms with van der Waals surface area (Å²) >= 11 is 0. The monoisotopic (exact) mass is 606 g/mol. The normalized spacial score (nSPS) is 13.9. The quantitative estimate of drug-likeness (QED) is 0.108. The maximum atomic E-state index is 14.5. The van der Waals surface area contributed by atoms with Gasteiger partial charge in [-0.1, -0.05) is 91.9 Å². The lowest BCUT2D eigenvalue weighted by Crippen LogP contribution is -2.50. The van der Waals surface area contributed by atoms with E-state index < -0.39 is 36.3 Å². The van der Waals surface area contributed by atoms with Crippen molar-refractivity contribution in [1.82, 2.24) is 0 Å². The van der Waals surface area contributed by atoms with E-state index in [4.69, 9.17) is 9.47 Å². The highest BCUT2D eigenvalue weighted by Gasteiger charge is 2.64. The lowest BCUT2D eigenvalue weighted by atomic mass is 9.67. The van der Waals surface area contributed by atoms with Gasteiger partial charge in [0.25, 0.3) is 0 Å². The fraction of sp³-hybridized carbons (Fsp3) is 0.216. The van der Waals surface area contributed by atoms with Crippen molar-refractivity contribution in [3.63, 3.8) is 0 Å². The number of aliphatic hydroxyl groups excluding tert-OH is 1. The average Bonchev–Trinajstić information content (AvgIpc) is 3.08. The number of benzene rings is 4. The number of esters is 1.